The number of hydrogen-bond donors (Lipinski definition) is 0. The van der Waals surface area contributed by atoms with Gasteiger partial charge in [-0.05, 0) is 18.6 Å². The van der Waals surface area contributed by atoms with Crippen molar-refractivity contribution < 1.29 is 18.3 Å². The molecule has 0 radical (unpaired) electrons. The molecule has 0 N–H and O–H groups in total. The largest absolute Gasteiger partial charge is 0.456 e. The molecule has 19 heavy (non-hydrogen) atoms. The van der Waals surface area contributed by atoms with Crippen molar-refractivity contribution in [3.05, 3.63) is 44.9 Å². The first-order valence-electron chi connectivity index (χ1n) is 5.15. The number of esters is 1. The molecule has 0 saturated carbocycles. The smallest absolute Gasteiger partial charge is 0.311 e. The lowest BCUT2D eigenvalue weighted by Crippen LogP contribution is -2.17. The van der Waals surface area contributed by atoms with Crippen LogP contribution in [0.1, 0.15) is 12.5 Å². The maximum Gasteiger partial charge on any atom is 0.311 e. The molecular weight excluding hydrogens is 320 g/mol. The third-order valence-corrected chi connectivity index (χ3v) is 3.29. The number of carbonyl (C=O) groups excluding carboxylic acids is 1. The van der Waals surface area contributed by atoms with E-state index in [9.17, 15) is 13.6 Å². The van der Waals surface area contributed by atoms with Crippen LogP contribution in [0.3, 0.4) is 0 Å². The molecule has 0 heterocycles. The highest BCUT2D eigenvalue weighted by atomic mass is 35.5. The molecule has 0 aliphatic heterocycles. The van der Waals surface area contributed by atoms with Crippen LogP contribution < -0.4 is 0 Å². The molecule has 0 fully saturated rings. The quantitative estimate of drug-likeness (QED) is 0.769. The molecule has 7 heteroatoms. The Labute approximate surface area is 123 Å². The van der Waals surface area contributed by atoms with Crippen LogP contribution in [0.5, 0.6) is 0 Å². The van der Waals surface area contributed by atoms with E-state index in [0.29, 0.717) is 6.07 Å². The van der Waals surface area contributed by atoms with Crippen molar-refractivity contribution in [1.82, 2.24) is 0 Å². The van der Waals surface area contributed by atoms with E-state index in [1.165, 1.54) is 13.0 Å². The molecule has 0 aliphatic carbocycles. The summed E-state index contributed by atoms with van der Waals surface area (Å²) in [6.07, 6.45) is -1.19. The predicted octanol–water partition coefficient (Wildman–Crippen LogP) is 4.32. The standard InChI is InChI=1S/C12H9Cl3F2O2/c1-6(11(13)12(14)15)19-10(18)4-7-2-3-8(16)5-9(7)17/h2-3,5-6H,4H2,1H3/t6-/m1/s1. The van der Waals surface area contributed by atoms with E-state index in [-0.39, 0.29) is 21.5 Å². The molecule has 0 aliphatic rings. The van der Waals surface area contributed by atoms with Gasteiger partial charge in [0, 0.05) is 6.07 Å². The summed E-state index contributed by atoms with van der Waals surface area (Å²) >= 11 is 16.5. The number of benzene rings is 1. The lowest BCUT2D eigenvalue weighted by molar-refractivity contribution is -0.145. The van der Waals surface area contributed by atoms with Gasteiger partial charge in [0.25, 0.3) is 0 Å². The molecule has 0 saturated heterocycles. The minimum Gasteiger partial charge on any atom is -0.456 e. The van der Waals surface area contributed by atoms with Gasteiger partial charge in [-0.1, -0.05) is 40.9 Å². The predicted molar refractivity (Wildman–Crippen MR) is 70.2 cm³/mol. The van der Waals surface area contributed by atoms with Crippen molar-refractivity contribution in [2.75, 3.05) is 0 Å². The second-order valence-electron chi connectivity index (χ2n) is 3.65. The Balaban J connectivity index is 2.68. The van der Waals surface area contributed by atoms with E-state index in [0.717, 1.165) is 6.07 Å². The third kappa shape index (κ3) is 4.97. The van der Waals surface area contributed by atoms with Gasteiger partial charge in [0.05, 0.1) is 11.5 Å². The second kappa shape index (κ2) is 7.08. The minimum absolute atomic E-state index is 0.0238. The second-order valence-corrected chi connectivity index (χ2v) is 5.01. The maximum atomic E-state index is 13.3. The van der Waals surface area contributed by atoms with Crippen molar-refractivity contribution in [2.24, 2.45) is 0 Å². The van der Waals surface area contributed by atoms with Crippen LogP contribution in [0.2, 0.25) is 0 Å². The zero-order chi connectivity index (χ0) is 14.6. The number of rotatable bonds is 4. The Kier molecular flexibility index (Phi) is 6.04. The van der Waals surface area contributed by atoms with Crippen LogP contribution in [0, 0.1) is 11.6 Å². The van der Waals surface area contributed by atoms with Gasteiger partial charge in [-0.15, -0.1) is 0 Å². The third-order valence-electron chi connectivity index (χ3n) is 2.20. The molecule has 0 bridgehead atoms. The van der Waals surface area contributed by atoms with Crippen LogP contribution in [0.4, 0.5) is 8.78 Å². The first-order valence-corrected chi connectivity index (χ1v) is 6.28. The normalized spacial score (nSPS) is 11.9. The fourth-order valence-corrected chi connectivity index (χ4v) is 1.62. The number of hydrogen-bond acceptors (Lipinski definition) is 2. The van der Waals surface area contributed by atoms with Gasteiger partial charge in [-0.25, -0.2) is 8.78 Å². The van der Waals surface area contributed by atoms with E-state index < -0.39 is 23.7 Å². The van der Waals surface area contributed by atoms with Crippen LogP contribution in [-0.2, 0) is 16.0 Å². The monoisotopic (exact) mass is 328 g/mol. The molecule has 1 rings (SSSR count). The van der Waals surface area contributed by atoms with E-state index in [2.05, 4.69) is 0 Å². The zero-order valence-electron chi connectivity index (χ0n) is 9.72. The van der Waals surface area contributed by atoms with Gasteiger partial charge < -0.3 is 4.74 Å². The molecule has 1 aromatic carbocycles. The molecule has 0 aromatic heterocycles. The van der Waals surface area contributed by atoms with Gasteiger partial charge in [-0.2, -0.15) is 0 Å². The average molecular weight is 330 g/mol. The highest BCUT2D eigenvalue weighted by Crippen LogP contribution is 2.23. The molecular formula is C12H9Cl3F2O2. The number of halogens is 5. The van der Waals surface area contributed by atoms with E-state index in [4.69, 9.17) is 39.5 Å². The summed E-state index contributed by atoms with van der Waals surface area (Å²) in [5, 5.41) is -0.0312. The summed E-state index contributed by atoms with van der Waals surface area (Å²) in [7, 11) is 0. The topological polar surface area (TPSA) is 26.3 Å². The highest BCUT2D eigenvalue weighted by Gasteiger charge is 2.17. The Morgan fingerprint density at radius 2 is 1.95 bits per heavy atom. The van der Waals surface area contributed by atoms with Crippen LogP contribution in [0.25, 0.3) is 0 Å². The summed E-state index contributed by atoms with van der Waals surface area (Å²) in [5.74, 6) is -2.27. The molecule has 0 amide bonds. The molecule has 0 spiro atoms. The van der Waals surface area contributed by atoms with Crippen molar-refractivity contribution in [2.45, 2.75) is 19.4 Å². The number of ether oxygens (including phenoxy) is 1. The van der Waals surface area contributed by atoms with Crippen LogP contribution in [-0.4, -0.2) is 12.1 Å². The zero-order valence-corrected chi connectivity index (χ0v) is 12.0. The Morgan fingerprint density at radius 3 is 2.47 bits per heavy atom. The van der Waals surface area contributed by atoms with Gasteiger partial charge in [0.2, 0.25) is 0 Å². The fraction of sp³-hybridized carbons (Fsp3) is 0.250. The minimum atomic E-state index is -0.845. The Bertz CT molecular complexity index is 514. The summed E-state index contributed by atoms with van der Waals surface area (Å²) in [5.41, 5.74) is 0.0238. The highest BCUT2D eigenvalue weighted by molar-refractivity contribution is 6.59. The molecule has 104 valence electrons. The Morgan fingerprint density at radius 1 is 1.32 bits per heavy atom. The van der Waals surface area contributed by atoms with Crippen LogP contribution in [0.15, 0.2) is 27.7 Å². The van der Waals surface area contributed by atoms with Gasteiger partial charge in [-0.3, -0.25) is 4.79 Å². The van der Waals surface area contributed by atoms with Crippen molar-refractivity contribution in [3.63, 3.8) is 0 Å². The van der Waals surface area contributed by atoms with Crippen LogP contribution >= 0.6 is 34.8 Å². The molecule has 2 nitrogen and oxygen atoms in total. The molecule has 1 aromatic rings. The van der Waals surface area contributed by atoms with Gasteiger partial charge in [0.15, 0.2) is 0 Å². The maximum absolute atomic E-state index is 13.3. The van der Waals surface area contributed by atoms with Crippen molar-refractivity contribution >= 4 is 40.8 Å². The number of carbonyl (C=O) groups is 1. The first-order chi connectivity index (χ1) is 8.81. The van der Waals surface area contributed by atoms with E-state index in [1.807, 2.05) is 0 Å². The summed E-state index contributed by atoms with van der Waals surface area (Å²) in [4.78, 5) is 11.5. The Hall–Kier alpha value is -0.840. The first kappa shape index (κ1) is 16.2. The summed E-state index contributed by atoms with van der Waals surface area (Å²) in [6, 6.07) is 2.91. The van der Waals surface area contributed by atoms with Gasteiger partial charge in [0.1, 0.15) is 22.2 Å². The average Bonchev–Trinajstić information content (AvgIpc) is 2.31. The van der Waals surface area contributed by atoms with Gasteiger partial charge >= 0.3 is 5.97 Å². The summed E-state index contributed by atoms with van der Waals surface area (Å²) in [6.45, 7) is 1.46. The fourth-order valence-electron chi connectivity index (χ4n) is 1.26. The SMILES string of the molecule is C[C@@H](OC(=O)Cc1ccc(F)cc1F)C(Cl)=C(Cl)Cl. The van der Waals surface area contributed by atoms with Crippen molar-refractivity contribution in [3.8, 4) is 0 Å². The molecule has 0 unspecified atom stereocenters. The molecule has 1 atom stereocenters. The lowest BCUT2D eigenvalue weighted by atomic mass is 10.1. The van der Waals surface area contributed by atoms with E-state index in [1.54, 1.807) is 0 Å². The lowest BCUT2D eigenvalue weighted by Gasteiger charge is -2.12. The van der Waals surface area contributed by atoms with E-state index >= 15 is 0 Å². The summed E-state index contributed by atoms with van der Waals surface area (Å²) < 4.78 is 30.7. The van der Waals surface area contributed by atoms with Crippen molar-refractivity contribution in [1.29, 1.82) is 0 Å².